The van der Waals surface area contributed by atoms with Gasteiger partial charge in [-0.15, -0.1) is 24.5 Å². The molecule has 0 aliphatic heterocycles. The van der Waals surface area contributed by atoms with E-state index >= 15 is 0 Å². The van der Waals surface area contributed by atoms with E-state index in [0.717, 1.165) is 20.8 Å². The minimum Gasteiger partial charge on any atom is -0.406 e. The van der Waals surface area contributed by atoms with Gasteiger partial charge >= 0.3 is 6.36 Å². The number of halogens is 4. The minimum absolute atomic E-state index is 0.0498. The van der Waals surface area contributed by atoms with Gasteiger partial charge in [-0.3, -0.25) is 0 Å². The molecular weight excluding hydrogens is 367 g/mol. The summed E-state index contributed by atoms with van der Waals surface area (Å²) < 4.78 is 41.3. The monoisotopic (exact) mass is 379 g/mol. The summed E-state index contributed by atoms with van der Waals surface area (Å²) in [6.45, 7) is 2.73. The van der Waals surface area contributed by atoms with Gasteiger partial charge in [-0.1, -0.05) is 19.1 Å². The molecule has 2 nitrogen and oxygen atoms in total. The Kier molecular flexibility index (Phi) is 5.29. The highest BCUT2D eigenvalue weighted by Gasteiger charge is 2.31. The quantitative estimate of drug-likeness (QED) is 0.779. The smallest absolute Gasteiger partial charge is 0.406 e. The highest BCUT2D eigenvalue weighted by Crippen LogP contribution is 2.32. The second-order valence-corrected chi connectivity index (χ2v) is 6.74. The lowest BCUT2D eigenvalue weighted by Gasteiger charge is -2.17. The Morgan fingerprint density at radius 1 is 1.19 bits per heavy atom. The molecule has 1 atom stereocenters. The van der Waals surface area contributed by atoms with Crippen LogP contribution in [0.15, 0.2) is 40.2 Å². The third-order valence-electron chi connectivity index (χ3n) is 2.73. The normalized spacial score (nSPS) is 13.2. The van der Waals surface area contributed by atoms with Gasteiger partial charge in [0.1, 0.15) is 5.75 Å². The van der Waals surface area contributed by atoms with E-state index in [1.54, 1.807) is 23.5 Å². The number of nitrogens with one attached hydrogen (secondary N) is 1. The van der Waals surface area contributed by atoms with Crippen LogP contribution in [0, 0.1) is 0 Å². The maximum Gasteiger partial charge on any atom is 0.573 e. The van der Waals surface area contributed by atoms with Gasteiger partial charge in [0, 0.05) is 4.88 Å². The number of rotatable bonds is 5. The number of alkyl halides is 3. The van der Waals surface area contributed by atoms with Gasteiger partial charge in [-0.25, -0.2) is 0 Å². The molecule has 0 aliphatic rings. The van der Waals surface area contributed by atoms with E-state index in [-0.39, 0.29) is 11.8 Å². The summed E-state index contributed by atoms with van der Waals surface area (Å²) in [5.74, 6) is -0.214. The van der Waals surface area contributed by atoms with Crippen molar-refractivity contribution in [2.45, 2.75) is 19.3 Å². The lowest BCUT2D eigenvalue weighted by atomic mass is 10.1. The topological polar surface area (TPSA) is 21.3 Å². The molecule has 1 N–H and O–H groups in total. The lowest BCUT2D eigenvalue weighted by Crippen LogP contribution is -2.21. The zero-order valence-electron chi connectivity index (χ0n) is 11.1. The molecule has 0 aliphatic carbocycles. The number of hydrogen-bond donors (Lipinski definition) is 1. The molecule has 0 amide bonds. The van der Waals surface area contributed by atoms with Crippen LogP contribution in [0.5, 0.6) is 5.75 Å². The van der Waals surface area contributed by atoms with Crippen LogP contribution in [0.2, 0.25) is 0 Å². The van der Waals surface area contributed by atoms with Crippen molar-refractivity contribution in [1.29, 1.82) is 0 Å². The summed E-state index contributed by atoms with van der Waals surface area (Å²) in [5.41, 5.74) is 0.890. The zero-order valence-corrected chi connectivity index (χ0v) is 13.5. The number of benzene rings is 1. The predicted octanol–water partition coefficient (Wildman–Crippen LogP) is 5.11. The van der Waals surface area contributed by atoms with Crippen molar-refractivity contribution in [2.24, 2.45) is 0 Å². The number of ether oxygens (including phenoxy) is 1. The van der Waals surface area contributed by atoms with Gasteiger partial charge in [-0.05, 0) is 52.3 Å². The van der Waals surface area contributed by atoms with E-state index in [0.29, 0.717) is 0 Å². The Hall–Kier alpha value is -1.05. The fraction of sp³-hybridized carbons (Fsp3) is 0.286. The standard InChI is InChI=1S/C14H13BrF3NOS/c1-2-19-13(11-7-8-12(15)21-11)9-3-5-10(6-4-9)20-14(16,17)18/h3-8,13,19H,2H2,1H3. The van der Waals surface area contributed by atoms with E-state index in [1.807, 2.05) is 19.1 Å². The third kappa shape index (κ3) is 4.72. The molecule has 0 saturated heterocycles. The maximum atomic E-state index is 12.2. The third-order valence-corrected chi connectivity index (χ3v) is 4.42. The van der Waals surface area contributed by atoms with Crippen molar-refractivity contribution >= 4 is 27.3 Å². The summed E-state index contributed by atoms with van der Waals surface area (Å²) in [4.78, 5) is 1.09. The fourth-order valence-corrected chi connectivity index (χ4v) is 3.46. The molecule has 0 spiro atoms. The highest BCUT2D eigenvalue weighted by atomic mass is 79.9. The van der Waals surface area contributed by atoms with Crippen molar-refractivity contribution in [3.05, 3.63) is 50.6 Å². The maximum absolute atomic E-state index is 12.2. The number of hydrogen-bond acceptors (Lipinski definition) is 3. The molecule has 0 bridgehead atoms. The van der Waals surface area contributed by atoms with E-state index in [4.69, 9.17) is 0 Å². The average Bonchev–Trinajstić information content (AvgIpc) is 2.82. The molecule has 21 heavy (non-hydrogen) atoms. The molecule has 1 aromatic carbocycles. The predicted molar refractivity (Wildman–Crippen MR) is 80.7 cm³/mol. The molecule has 0 saturated carbocycles. The Morgan fingerprint density at radius 3 is 2.33 bits per heavy atom. The second-order valence-electron chi connectivity index (χ2n) is 4.25. The van der Waals surface area contributed by atoms with Gasteiger partial charge < -0.3 is 10.1 Å². The van der Waals surface area contributed by atoms with E-state index in [1.165, 1.54) is 12.1 Å². The average molecular weight is 380 g/mol. The summed E-state index contributed by atoms with van der Waals surface area (Å²) >= 11 is 5.00. The summed E-state index contributed by atoms with van der Waals surface area (Å²) in [6, 6.07) is 9.83. The van der Waals surface area contributed by atoms with Crippen molar-refractivity contribution in [2.75, 3.05) is 6.54 Å². The van der Waals surface area contributed by atoms with Crippen molar-refractivity contribution in [3.8, 4) is 5.75 Å². The SMILES string of the molecule is CCNC(c1ccc(OC(F)(F)F)cc1)c1ccc(Br)s1. The van der Waals surface area contributed by atoms with Gasteiger partial charge in [0.2, 0.25) is 0 Å². The lowest BCUT2D eigenvalue weighted by molar-refractivity contribution is -0.274. The van der Waals surface area contributed by atoms with Crippen LogP contribution in [-0.4, -0.2) is 12.9 Å². The van der Waals surface area contributed by atoms with Gasteiger partial charge in [0.25, 0.3) is 0 Å². The highest BCUT2D eigenvalue weighted by molar-refractivity contribution is 9.11. The summed E-state index contributed by atoms with van der Waals surface area (Å²) in [5, 5.41) is 3.32. The molecule has 2 aromatic rings. The van der Waals surface area contributed by atoms with Gasteiger partial charge in [0.15, 0.2) is 0 Å². The van der Waals surface area contributed by atoms with Crippen molar-refractivity contribution in [1.82, 2.24) is 5.32 Å². The van der Waals surface area contributed by atoms with Crippen molar-refractivity contribution < 1.29 is 17.9 Å². The Labute approximate surface area is 133 Å². The molecule has 1 aromatic heterocycles. The molecule has 7 heteroatoms. The van der Waals surface area contributed by atoms with Crippen molar-refractivity contribution in [3.63, 3.8) is 0 Å². The van der Waals surface area contributed by atoms with Crippen LogP contribution >= 0.6 is 27.3 Å². The molecule has 1 unspecified atom stereocenters. The Balaban J connectivity index is 2.21. The largest absolute Gasteiger partial charge is 0.573 e. The van der Waals surface area contributed by atoms with Gasteiger partial charge in [0.05, 0.1) is 9.83 Å². The molecule has 1 heterocycles. The van der Waals surface area contributed by atoms with Crippen LogP contribution in [0.1, 0.15) is 23.4 Å². The van der Waals surface area contributed by atoms with E-state index in [9.17, 15) is 13.2 Å². The van der Waals surface area contributed by atoms with Crippen LogP contribution in [-0.2, 0) is 0 Å². The first-order chi connectivity index (χ1) is 9.89. The molecule has 114 valence electrons. The Morgan fingerprint density at radius 2 is 1.86 bits per heavy atom. The van der Waals surface area contributed by atoms with Crippen LogP contribution in [0.3, 0.4) is 0 Å². The Bertz CT molecular complexity index is 583. The van der Waals surface area contributed by atoms with E-state index < -0.39 is 6.36 Å². The summed E-state index contributed by atoms with van der Waals surface area (Å²) in [6.07, 6.45) is -4.67. The molecule has 0 radical (unpaired) electrons. The number of thiophene rings is 1. The van der Waals surface area contributed by atoms with Gasteiger partial charge in [-0.2, -0.15) is 0 Å². The van der Waals surface area contributed by atoms with Crippen LogP contribution in [0.4, 0.5) is 13.2 Å². The first-order valence-corrected chi connectivity index (χ1v) is 7.84. The van der Waals surface area contributed by atoms with Crippen LogP contribution in [0.25, 0.3) is 0 Å². The molecule has 2 rings (SSSR count). The summed E-state index contributed by atoms with van der Waals surface area (Å²) in [7, 11) is 0. The van der Waals surface area contributed by atoms with E-state index in [2.05, 4.69) is 26.0 Å². The first-order valence-electron chi connectivity index (χ1n) is 6.23. The van der Waals surface area contributed by atoms with Crippen LogP contribution < -0.4 is 10.1 Å². The first kappa shape index (κ1) is 16.3. The molecular formula is C14H13BrF3NOS. The molecule has 0 fully saturated rings. The second kappa shape index (κ2) is 6.81. The zero-order chi connectivity index (χ0) is 15.5. The fourth-order valence-electron chi connectivity index (χ4n) is 1.93. The minimum atomic E-state index is -4.67.